The number of fused-ring (bicyclic) bond motifs is 1. The minimum Gasteiger partial charge on any atom is -0.322 e. The number of allylic oxidation sites excluding steroid dienone is 5. The number of carbonyl (C=O) groups excluding carboxylic acids is 1. The lowest BCUT2D eigenvalue weighted by atomic mass is 10.1. The summed E-state index contributed by atoms with van der Waals surface area (Å²) in [6, 6.07) is 11.3. The maximum Gasteiger partial charge on any atom is 0.276 e. The van der Waals surface area contributed by atoms with Gasteiger partial charge in [0.1, 0.15) is 22.8 Å². The third-order valence-electron chi connectivity index (χ3n) is 5.31. The van der Waals surface area contributed by atoms with E-state index in [-0.39, 0.29) is 35.6 Å². The van der Waals surface area contributed by atoms with Crippen LogP contribution in [0, 0.1) is 11.3 Å². The molecule has 2 aromatic heterocycles. The van der Waals surface area contributed by atoms with Crippen molar-refractivity contribution in [1.82, 2.24) is 8.97 Å². The summed E-state index contributed by atoms with van der Waals surface area (Å²) >= 11 is 6.17. The smallest absolute Gasteiger partial charge is 0.276 e. The summed E-state index contributed by atoms with van der Waals surface area (Å²) in [5.74, 6) is -0.360. The SMILES string of the molecule is C=C/C(=C\C(Cl)=C/CC)Cn1ccn2cc(NC(=O)CCc3ccccc3)c(=O)c(C#N)c2c1=O. The third-order valence-corrected chi connectivity index (χ3v) is 5.58. The Bertz CT molecular complexity index is 1470. The van der Waals surface area contributed by atoms with Gasteiger partial charge in [0.05, 0.1) is 6.54 Å². The molecular weight excluding hydrogens is 464 g/mol. The number of nitrogens with one attached hydrogen (secondary N) is 1. The van der Waals surface area contributed by atoms with E-state index in [4.69, 9.17) is 11.6 Å². The van der Waals surface area contributed by atoms with Crippen molar-refractivity contribution in [2.24, 2.45) is 0 Å². The highest BCUT2D eigenvalue weighted by Crippen LogP contribution is 2.13. The molecule has 0 saturated heterocycles. The molecule has 3 aromatic rings. The van der Waals surface area contributed by atoms with Crippen LogP contribution in [0.15, 0.2) is 93.9 Å². The molecule has 0 unspecified atom stereocenters. The fourth-order valence-electron chi connectivity index (χ4n) is 3.55. The van der Waals surface area contributed by atoms with E-state index in [0.717, 1.165) is 12.0 Å². The topological polar surface area (TPSA) is 96.4 Å². The molecule has 1 aromatic carbocycles. The second kappa shape index (κ2) is 11.8. The third kappa shape index (κ3) is 6.25. The molecule has 35 heavy (non-hydrogen) atoms. The number of hydrogen-bond donors (Lipinski definition) is 1. The maximum atomic E-state index is 13.2. The molecule has 0 aliphatic heterocycles. The van der Waals surface area contributed by atoms with Gasteiger partial charge in [0.2, 0.25) is 11.3 Å². The standard InChI is InChI=1S/C27H25ClN4O3/c1-3-8-21(28)15-19(4-2)17-32-14-13-31-18-23(26(34)22(16-29)25(31)27(32)35)30-24(33)12-11-20-9-6-5-7-10-20/h4-10,13-15,18H,2-3,11-12,17H2,1H3,(H,30,33)/b19-15+,21-8+. The Hall–Kier alpha value is -4.15. The van der Waals surface area contributed by atoms with Gasteiger partial charge in [0.15, 0.2) is 0 Å². The fourth-order valence-corrected chi connectivity index (χ4v) is 3.85. The molecule has 0 aliphatic carbocycles. The van der Waals surface area contributed by atoms with E-state index >= 15 is 0 Å². The number of pyridine rings is 1. The van der Waals surface area contributed by atoms with E-state index in [2.05, 4.69) is 11.9 Å². The first-order valence-corrected chi connectivity index (χ1v) is 11.5. The number of benzene rings is 1. The number of hydrogen-bond acceptors (Lipinski definition) is 4. The van der Waals surface area contributed by atoms with Gasteiger partial charge in [-0.15, -0.1) is 0 Å². The second-order valence-corrected chi connectivity index (χ2v) is 8.24. The molecule has 1 N–H and O–H groups in total. The van der Waals surface area contributed by atoms with Crippen LogP contribution in [0.4, 0.5) is 5.69 Å². The van der Waals surface area contributed by atoms with Crippen LogP contribution >= 0.6 is 11.6 Å². The number of nitrogens with zero attached hydrogens (tertiary/aromatic N) is 3. The Morgan fingerprint density at radius 1 is 1.23 bits per heavy atom. The minimum atomic E-state index is -0.705. The van der Waals surface area contributed by atoms with Gasteiger partial charge < -0.3 is 14.3 Å². The van der Waals surface area contributed by atoms with Crippen LogP contribution < -0.4 is 16.3 Å². The molecule has 1 amide bonds. The highest BCUT2D eigenvalue weighted by atomic mass is 35.5. The first-order chi connectivity index (χ1) is 16.9. The lowest BCUT2D eigenvalue weighted by Gasteiger charge is -2.12. The minimum absolute atomic E-state index is 0.0579. The van der Waals surface area contributed by atoms with Crippen LogP contribution in [0.5, 0.6) is 0 Å². The number of carbonyl (C=O) groups is 1. The summed E-state index contributed by atoms with van der Waals surface area (Å²) in [5.41, 5.74) is -0.00305. The number of nitriles is 1. The summed E-state index contributed by atoms with van der Waals surface area (Å²) in [6.07, 6.45) is 11.0. The predicted molar refractivity (Wildman–Crippen MR) is 139 cm³/mol. The van der Waals surface area contributed by atoms with Gasteiger partial charge in [-0.05, 0) is 30.1 Å². The molecule has 0 saturated carbocycles. The van der Waals surface area contributed by atoms with Gasteiger partial charge >= 0.3 is 0 Å². The van der Waals surface area contributed by atoms with Crippen LogP contribution in [0.1, 0.15) is 30.9 Å². The Balaban J connectivity index is 1.93. The summed E-state index contributed by atoms with van der Waals surface area (Å²) in [5, 5.41) is 12.8. The molecule has 3 rings (SSSR count). The van der Waals surface area contributed by atoms with E-state index in [0.29, 0.717) is 17.0 Å². The number of amides is 1. The highest BCUT2D eigenvalue weighted by Gasteiger charge is 2.17. The molecule has 7 nitrogen and oxygen atoms in total. The van der Waals surface area contributed by atoms with E-state index < -0.39 is 11.0 Å². The molecule has 0 spiro atoms. The summed E-state index contributed by atoms with van der Waals surface area (Å²) < 4.78 is 2.75. The number of rotatable bonds is 9. The number of anilines is 1. The van der Waals surface area contributed by atoms with Crippen LogP contribution in [0.3, 0.4) is 0 Å². The molecule has 0 aliphatic rings. The molecule has 8 heteroatoms. The average molecular weight is 489 g/mol. The average Bonchev–Trinajstić information content (AvgIpc) is 2.85. The van der Waals surface area contributed by atoms with Crippen molar-refractivity contribution in [3.05, 3.63) is 116 Å². The second-order valence-electron chi connectivity index (χ2n) is 7.80. The van der Waals surface area contributed by atoms with E-state index in [1.54, 1.807) is 18.3 Å². The van der Waals surface area contributed by atoms with Crippen molar-refractivity contribution in [1.29, 1.82) is 5.26 Å². The molecular formula is C27H25ClN4O3. The van der Waals surface area contributed by atoms with Gasteiger partial charge in [0, 0.05) is 30.0 Å². The van der Waals surface area contributed by atoms with Gasteiger partial charge in [-0.2, -0.15) is 5.26 Å². The van der Waals surface area contributed by atoms with Crippen molar-refractivity contribution in [2.45, 2.75) is 32.7 Å². The molecule has 0 atom stereocenters. The van der Waals surface area contributed by atoms with E-state index in [1.807, 2.05) is 49.4 Å². The monoisotopic (exact) mass is 488 g/mol. The Labute approximate surface area is 207 Å². The normalized spacial score (nSPS) is 11.8. The Kier molecular flexibility index (Phi) is 8.60. The number of aromatic nitrogens is 2. The fraction of sp³-hybridized carbons (Fsp3) is 0.185. The molecule has 2 heterocycles. The van der Waals surface area contributed by atoms with Crippen molar-refractivity contribution >= 4 is 28.7 Å². The van der Waals surface area contributed by atoms with Gasteiger partial charge in [-0.1, -0.05) is 67.6 Å². The van der Waals surface area contributed by atoms with Gasteiger partial charge in [-0.25, -0.2) is 0 Å². The summed E-state index contributed by atoms with van der Waals surface area (Å²) in [7, 11) is 0. The van der Waals surface area contributed by atoms with E-state index in [9.17, 15) is 19.6 Å². The number of aryl methyl sites for hydroxylation is 1. The number of halogens is 1. The Morgan fingerprint density at radius 2 is 1.97 bits per heavy atom. The zero-order valence-corrected chi connectivity index (χ0v) is 20.1. The Morgan fingerprint density at radius 3 is 2.63 bits per heavy atom. The van der Waals surface area contributed by atoms with Gasteiger partial charge in [-0.3, -0.25) is 14.4 Å². The predicted octanol–water partition coefficient (Wildman–Crippen LogP) is 4.55. The van der Waals surface area contributed by atoms with Crippen LogP contribution in [0.25, 0.3) is 5.52 Å². The van der Waals surface area contributed by atoms with Crippen molar-refractivity contribution in [3.63, 3.8) is 0 Å². The first-order valence-electron chi connectivity index (χ1n) is 11.1. The maximum absolute atomic E-state index is 13.2. The molecule has 0 fully saturated rings. The highest BCUT2D eigenvalue weighted by molar-refractivity contribution is 6.31. The van der Waals surface area contributed by atoms with Gasteiger partial charge in [0.25, 0.3) is 5.56 Å². The van der Waals surface area contributed by atoms with Crippen molar-refractivity contribution in [2.75, 3.05) is 5.32 Å². The lowest BCUT2D eigenvalue weighted by molar-refractivity contribution is -0.116. The van der Waals surface area contributed by atoms with Crippen LogP contribution in [-0.2, 0) is 17.8 Å². The van der Waals surface area contributed by atoms with Crippen molar-refractivity contribution in [3.8, 4) is 6.07 Å². The molecule has 178 valence electrons. The molecule has 0 bridgehead atoms. The quantitative estimate of drug-likeness (QED) is 0.447. The first kappa shape index (κ1) is 25.5. The zero-order chi connectivity index (χ0) is 25.4. The zero-order valence-electron chi connectivity index (χ0n) is 19.3. The summed E-state index contributed by atoms with van der Waals surface area (Å²) in [6.45, 7) is 5.88. The largest absolute Gasteiger partial charge is 0.322 e. The van der Waals surface area contributed by atoms with Crippen LogP contribution in [-0.4, -0.2) is 14.9 Å². The summed E-state index contributed by atoms with van der Waals surface area (Å²) in [4.78, 5) is 38.5. The van der Waals surface area contributed by atoms with Crippen molar-refractivity contribution < 1.29 is 4.79 Å². The lowest BCUT2D eigenvalue weighted by Crippen LogP contribution is -2.28. The van der Waals surface area contributed by atoms with E-state index in [1.165, 1.54) is 21.4 Å². The molecule has 0 radical (unpaired) electrons. The van der Waals surface area contributed by atoms with Crippen LogP contribution in [0.2, 0.25) is 0 Å².